The van der Waals surface area contributed by atoms with Gasteiger partial charge in [-0.05, 0) is 42.4 Å². The fraction of sp³-hybridized carbons (Fsp3) is 0.250. The first-order valence-electron chi connectivity index (χ1n) is 6.57. The zero-order chi connectivity index (χ0) is 14.1. The fourth-order valence-electron chi connectivity index (χ4n) is 2.54. The van der Waals surface area contributed by atoms with Gasteiger partial charge in [0.15, 0.2) is 11.6 Å². The molecule has 0 spiro atoms. The number of hydrogen-bond acceptors (Lipinski definition) is 2. The maximum atomic E-state index is 14.2. The summed E-state index contributed by atoms with van der Waals surface area (Å²) in [5, 5.41) is 3.73. The molecule has 1 aliphatic heterocycles. The minimum Gasteiger partial charge on any atom is -0.485 e. The van der Waals surface area contributed by atoms with E-state index >= 15 is 0 Å². The molecule has 1 aliphatic rings. The van der Waals surface area contributed by atoms with Crippen LogP contribution in [0.5, 0.6) is 5.75 Å². The number of benzene rings is 2. The third-order valence-corrected chi connectivity index (χ3v) is 3.71. The number of likely N-dealkylation sites (N-methyl/N-ethyl adjacent to an activating group) is 1. The summed E-state index contributed by atoms with van der Waals surface area (Å²) in [5.41, 5.74) is 2.73. The fourth-order valence-corrected chi connectivity index (χ4v) is 2.66. The molecule has 2 aromatic rings. The quantitative estimate of drug-likeness (QED) is 0.932. The van der Waals surface area contributed by atoms with Crippen LogP contribution < -0.4 is 10.1 Å². The normalized spacial score (nSPS) is 16.9. The molecule has 1 atom stereocenters. The molecule has 2 nitrogen and oxygen atoms in total. The van der Waals surface area contributed by atoms with E-state index in [1.165, 1.54) is 6.07 Å². The zero-order valence-electron chi connectivity index (χ0n) is 11.1. The summed E-state index contributed by atoms with van der Waals surface area (Å²) in [6.07, 6.45) is 0.735. The van der Waals surface area contributed by atoms with Crippen molar-refractivity contribution < 1.29 is 9.13 Å². The van der Waals surface area contributed by atoms with E-state index in [0.717, 1.165) is 23.1 Å². The van der Waals surface area contributed by atoms with Crippen molar-refractivity contribution in [2.45, 2.75) is 12.5 Å². The Hall–Kier alpha value is -1.58. The minimum atomic E-state index is -0.300. The minimum absolute atomic E-state index is 0.00460. The Balaban J connectivity index is 1.95. The maximum absolute atomic E-state index is 14.2. The van der Waals surface area contributed by atoms with Crippen LogP contribution in [0.15, 0.2) is 36.4 Å². The summed E-state index contributed by atoms with van der Waals surface area (Å²) in [5.74, 6) is 0.0917. The van der Waals surface area contributed by atoms with Gasteiger partial charge in [0.2, 0.25) is 0 Å². The van der Waals surface area contributed by atoms with Crippen molar-refractivity contribution >= 4 is 11.6 Å². The summed E-state index contributed by atoms with van der Waals surface area (Å²) in [4.78, 5) is 0. The predicted octanol–water partition coefficient (Wildman–Crippen LogP) is 3.67. The summed E-state index contributed by atoms with van der Waals surface area (Å²) in [7, 11) is 1.86. The molecule has 2 aromatic carbocycles. The van der Waals surface area contributed by atoms with Gasteiger partial charge in [0.05, 0.1) is 0 Å². The molecular weight excluding hydrogens is 277 g/mol. The van der Waals surface area contributed by atoms with Gasteiger partial charge in [-0.3, -0.25) is 0 Å². The van der Waals surface area contributed by atoms with Gasteiger partial charge < -0.3 is 10.1 Å². The van der Waals surface area contributed by atoms with Crippen LogP contribution in [0.25, 0.3) is 11.1 Å². The van der Waals surface area contributed by atoms with Gasteiger partial charge in [0, 0.05) is 23.6 Å². The van der Waals surface area contributed by atoms with Gasteiger partial charge in [-0.2, -0.15) is 0 Å². The average Bonchev–Trinajstić information content (AvgIpc) is 2.83. The molecule has 0 fully saturated rings. The van der Waals surface area contributed by atoms with Crippen molar-refractivity contribution in [2.24, 2.45) is 0 Å². The van der Waals surface area contributed by atoms with E-state index in [4.69, 9.17) is 16.3 Å². The largest absolute Gasteiger partial charge is 0.485 e. The van der Waals surface area contributed by atoms with Crippen LogP contribution >= 0.6 is 11.6 Å². The molecule has 0 amide bonds. The number of hydrogen-bond donors (Lipinski definition) is 1. The Morgan fingerprint density at radius 1 is 1.25 bits per heavy atom. The predicted molar refractivity (Wildman–Crippen MR) is 78.9 cm³/mol. The van der Waals surface area contributed by atoms with Gasteiger partial charge in [-0.1, -0.05) is 23.7 Å². The third kappa shape index (κ3) is 2.51. The number of rotatable bonds is 3. The van der Waals surface area contributed by atoms with Crippen molar-refractivity contribution in [2.75, 3.05) is 13.6 Å². The molecule has 0 radical (unpaired) electrons. The highest BCUT2D eigenvalue weighted by Gasteiger charge is 2.26. The molecule has 0 aliphatic carbocycles. The van der Waals surface area contributed by atoms with Crippen LogP contribution in [0.1, 0.15) is 5.56 Å². The van der Waals surface area contributed by atoms with E-state index in [1.807, 2.05) is 37.4 Å². The van der Waals surface area contributed by atoms with E-state index in [2.05, 4.69) is 5.32 Å². The van der Waals surface area contributed by atoms with E-state index in [-0.39, 0.29) is 11.9 Å². The second kappa shape index (κ2) is 5.43. The number of halogens is 2. The molecule has 0 saturated carbocycles. The lowest BCUT2D eigenvalue weighted by atomic mass is 10.0. The van der Waals surface area contributed by atoms with Crippen molar-refractivity contribution in [3.63, 3.8) is 0 Å². The van der Waals surface area contributed by atoms with Crippen molar-refractivity contribution in [3.05, 3.63) is 52.8 Å². The van der Waals surface area contributed by atoms with Gasteiger partial charge in [0.25, 0.3) is 0 Å². The molecule has 20 heavy (non-hydrogen) atoms. The van der Waals surface area contributed by atoms with Crippen LogP contribution in [0, 0.1) is 5.82 Å². The first-order chi connectivity index (χ1) is 9.67. The molecule has 1 N–H and O–H groups in total. The Morgan fingerprint density at radius 2 is 2.00 bits per heavy atom. The number of nitrogens with one attached hydrogen (secondary N) is 1. The topological polar surface area (TPSA) is 21.3 Å². The lowest BCUT2D eigenvalue weighted by Gasteiger charge is -2.09. The SMILES string of the molecule is CNCC1Cc2cc(-c3ccc(Cl)cc3)cc(F)c2O1. The van der Waals surface area contributed by atoms with Gasteiger partial charge in [-0.15, -0.1) is 0 Å². The zero-order valence-corrected chi connectivity index (χ0v) is 11.9. The maximum Gasteiger partial charge on any atom is 0.165 e. The average molecular weight is 292 g/mol. The van der Waals surface area contributed by atoms with Crippen molar-refractivity contribution in [1.29, 1.82) is 0 Å². The third-order valence-electron chi connectivity index (χ3n) is 3.46. The highest BCUT2D eigenvalue weighted by atomic mass is 35.5. The lowest BCUT2D eigenvalue weighted by Crippen LogP contribution is -2.27. The molecule has 1 heterocycles. The number of ether oxygens (including phenoxy) is 1. The number of fused-ring (bicyclic) bond motifs is 1. The first kappa shape index (κ1) is 13.4. The van der Waals surface area contributed by atoms with Gasteiger partial charge >= 0.3 is 0 Å². The second-order valence-corrected chi connectivity index (χ2v) is 5.39. The molecule has 0 bridgehead atoms. The van der Waals surface area contributed by atoms with Crippen LogP contribution in [0.3, 0.4) is 0 Å². The van der Waals surface area contributed by atoms with Crippen LogP contribution in [0.2, 0.25) is 5.02 Å². The first-order valence-corrected chi connectivity index (χ1v) is 6.95. The summed E-state index contributed by atoms with van der Waals surface area (Å²) >= 11 is 5.88. The van der Waals surface area contributed by atoms with E-state index in [1.54, 1.807) is 0 Å². The Bertz CT molecular complexity index is 627. The molecule has 0 saturated heterocycles. The van der Waals surface area contributed by atoms with E-state index < -0.39 is 0 Å². The molecule has 104 valence electrons. The standard InChI is InChI=1S/C16H15ClFNO/c1-19-9-14-7-12-6-11(8-15(18)16(12)20-14)10-2-4-13(17)5-3-10/h2-6,8,14,19H,7,9H2,1H3. The Labute approximate surface area is 122 Å². The molecule has 4 heteroatoms. The van der Waals surface area contributed by atoms with Gasteiger partial charge in [-0.25, -0.2) is 4.39 Å². The summed E-state index contributed by atoms with van der Waals surface area (Å²) in [6, 6.07) is 10.9. The Morgan fingerprint density at radius 3 is 2.70 bits per heavy atom. The molecule has 1 unspecified atom stereocenters. The van der Waals surface area contributed by atoms with Gasteiger partial charge in [0.1, 0.15) is 6.10 Å². The van der Waals surface area contributed by atoms with E-state index in [0.29, 0.717) is 17.3 Å². The van der Waals surface area contributed by atoms with Crippen molar-refractivity contribution in [3.8, 4) is 16.9 Å². The highest BCUT2D eigenvalue weighted by Crippen LogP contribution is 2.35. The van der Waals surface area contributed by atoms with E-state index in [9.17, 15) is 4.39 Å². The second-order valence-electron chi connectivity index (χ2n) is 4.95. The Kier molecular flexibility index (Phi) is 3.64. The smallest absolute Gasteiger partial charge is 0.165 e. The summed E-state index contributed by atoms with van der Waals surface area (Å²) in [6.45, 7) is 0.713. The lowest BCUT2D eigenvalue weighted by molar-refractivity contribution is 0.223. The summed E-state index contributed by atoms with van der Waals surface area (Å²) < 4.78 is 19.8. The molecule has 0 aromatic heterocycles. The van der Waals surface area contributed by atoms with Crippen LogP contribution in [-0.4, -0.2) is 19.7 Å². The highest BCUT2D eigenvalue weighted by molar-refractivity contribution is 6.30. The van der Waals surface area contributed by atoms with Crippen LogP contribution in [-0.2, 0) is 6.42 Å². The monoisotopic (exact) mass is 291 g/mol. The van der Waals surface area contributed by atoms with Crippen molar-refractivity contribution in [1.82, 2.24) is 5.32 Å². The van der Waals surface area contributed by atoms with Crippen LogP contribution in [0.4, 0.5) is 4.39 Å². The molecule has 3 rings (SSSR count). The molecular formula is C16H15ClFNO.